The highest BCUT2D eigenvalue weighted by Crippen LogP contribution is 2.46. The Labute approximate surface area is 102 Å². The second-order valence-corrected chi connectivity index (χ2v) is 6.36. The van der Waals surface area contributed by atoms with Gasteiger partial charge < -0.3 is 4.74 Å². The lowest BCUT2D eigenvalue weighted by Gasteiger charge is -2.12. The zero-order valence-electron chi connectivity index (χ0n) is 8.53. The van der Waals surface area contributed by atoms with Crippen LogP contribution < -0.4 is 0 Å². The highest BCUT2D eigenvalue weighted by atomic mass is 79.9. The Morgan fingerprint density at radius 2 is 2.40 bits per heavy atom. The van der Waals surface area contributed by atoms with E-state index in [9.17, 15) is 4.79 Å². The molecule has 1 aromatic heterocycles. The maximum atomic E-state index is 11.3. The number of carbonyl (C=O) groups excluding carboxylic acids is 1. The van der Waals surface area contributed by atoms with Gasteiger partial charge in [0.1, 0.15) is 0 Å². The molecule has 2 nitrogen and oxygen atoms in total. The lowest BCUT2D eigenvalue weighted by molar-refractivity contribution is -0.141. The topological polar surface area (TPSA) is 26.3 Å². The average Bonchev–Trinajstić information content (AvgIpc) is 2.97. The third-order valence-corrected chi connectivity index (χ3v) is 4.52. The molecule has 1 aromatic rings. The standard InChI is InChI=1S/C11H13BrO2S/c1-14-11(13)6-8(7-2-3-7)9-4-5-10(12)15-9/h4-5,7-8H,2-3,6H2,1H3. The molecule has 0 aliphatic heterocycles. The van der Waals surface area contributed by atoms with Gasteiger partial charge >= 0.3 is 5.97 Å². The molecule has 15 heavy (non-hydrogen) atoms. The second kappa shape index (κ2) is 4.66. The third kappa shape index (κ3) is 2.82. The van der Waals surface area contributed by atoms with Crippen LogP contribution in [-0.4, -0.2) is 13.1 Å². The van der Waals surface area contributed by atoms with Gasteiger partial charge in [0.2, 0.25) is 0 Å². The predicted molar refractivity (Wildman–Crippen MR) is 64.1 cm³/mol. The zero-order valence-corrected chi connectivity index (χ0v) is 10.9. The van der Waals surface area contributed by atoms with Gasteiger partial charge in [0.05, 0.1) is 17.3 Å². The zero-order chi connectivity index (χ0) is 10.8. The molecule has 0 aromatic carbocycles. The Hall–Kier alpha value is -0.350. The monoisotopic (exact) mass is 288 g/mol. The number of thiophene rings is 1. The molecule has 0 saturated heterocycles. The van der Waals surface area contributed by atoms with Gasteiger partial charge in [-0.15, -0.1) is 11.3 Å². The van der Waals surface area contributed by atoms with Crippen molar-refractivity contribution in [3.8, 4) is 0 Å². The van der Waals surface area contributed by atoms with Crippen LogP contribution in [0.3, 0.4) is 0 Å². The summed E-state index contributed by atoms with van der Waals surface area (Å²) in [6.45, 7) is 0. The summed E-state index contributed by atoms with van der Waals surface area (Å²) in [5, 5.41) is 0. The van der Waals surface area contributed by atoms with E-state index in [2.05, 4.69) is 22.0 Å². The van der Waals surface area contributed by atoms with E-state index in [1.54, 1.807) is 11.3 Å². The van der Waals surface area contributed by atoms with E-state index in [0.29, 0.717) is 18.3 Å². The minimum absolute atomic E-state index is 0.101. The Kier molecular flexibility index (Phi) is 3.46. The summed E-state index contributed by atoms with van der Waals surface area (Å²) in [7, 11) is 1.45. The van der Waals surface area contributed by atoms with Crippen molar-refractivity contribution in [2.75, 3.05) is 7.11 Å². The lowest BCUT2D eigenvalue weighted by atomic mass is 9.98. The highest BCUT2D eigenvalue weighted by Gasteiger charge is 2.34. The van der Waals surface area contributed by atoms with Crippen molar-refractivity contribution < 1.29 is 9.53 Å². The molecule has 0 amide bonds. The van der Waals surface area contributed by atoms with Gasteiger partial charge in [-0.3, -0.25) is 4.79 Å². The van der Waals surface area contributed by atoms with Crippen molar-refractivity contribution in [3.05, 3.63) is 20.8 Å². The van der Waals surface area contributed by atoms with Gasteiger partial charge in [-0.25, -0.2) is 0 Å². The summed E-state index contributed by atoms with van der Waals surface area (Å²) in [4.78, 5) is 12.6. The minimum atomic E-state index is -0.101. The maximum absolute atomic E-state index is 11.3. The molecule has 4 heteroatoms. The van der Waals surface area contributed by atoms with E-state index >= 15 is 0 Å². The van der Waals surface area contributed by atoms with E-state index in [4.69, 9.17) is 4.74 Å². The molecule has 2 rings (SSSR count). The van der Waals surface area contributed by atoms with Gasteiger partial charge in [-0.05, 0) is 46.8 Å². The quantitative estimate of drug-likeness (QED) is 0.792. The Morgan fingerprint density at radius 3 is 2.87 bits per heavy atom. The number of carbonyl (C=O) groups is 1. The molecule has 0 spiro atoms. The summed E-state index contributed by atoms with van der Waals surface area (Å²) >= 11 is 5.18. The van der Waals surface area contributed by atoms with E-state index in [1.165, 1.54) is 24.8 Å². The van der Waals surface area contributed by atoms with Gasteiger partial charge in [0.15, 0.2) is 0 Å². The molecule has 0 radical (unpaired) electrons. The molecule has 1 aliphatic rings. The molecule has 1 unspecified atom stereocenters. The summed E-state index contributed by atoms with van der Waals surface area (Å²) < 4.78 is 5.87. The molecule has 82 valence electrons. The average molecular weight is 289 g/mol. The van der Waals surface area contributed by atoms with Crippen molar-refractivity contribution in [2.45, 2.75) is 25.2 Å². The number of halogens is 1. The summed E-state index contributed by atoms with van der Waals surface area (Å²) in [5.74, 6) is 0.958. The molecule has 0 bridgehead atoms. The van der Waals surface area contributed by atoms with Crippen LogP contribution in [0.4, 0.5) is 0 Å². The number of rotatable bonds is 4. The van der Waals surface area contributed by atoms with Crippen LogP contribution >= 0.6 is 27.3 Å². The molecule has 0 N–H and O–H groups in total. The van der Waals surface area contributed by atoms with E-state index < -0.39 is 0 Å². The number of hydrogen-bond acceptors (Lipinski definition) is 3. The number of esters is 1. The fraction of sp³-hybridized carbons (Fsp3) is 0.545. The first-order valence-electron chi connectivity index (χ1n) is 5.02. The van der Waals surface area contributed by atoms with Crippen LogP contribution in [0.1, 0.15) is 30.1 Å². The number of ether oxygens (including phenoxy) is 1. The molecule has 1 atom stereocenters. The van der Waals surface area contributed by atoms with Gasteiger partial charge in [-0.1, -0.05) is 0 Å². The molecule has 1 aliphatic carbocycles. The van der Waals surface area contributed by atoms with E-state index in [-0.39, 0.29) is 5.97 Å². The molecular weight excluding hydrogens is 276 g/mol. The van der Waals surface area contributed by atoms with Gasteiger partial charge in [0.25, 0.3) is 0 Å². The Balaban J connectivity index is 2.09. The number of hydrogen-bond donors (Lipinski definition) is 0. The SMILES string of the molecule is COC(=O)CC(c1ccc(Br)s1)C1CC1. The van der Waals surface area contributed by atoms with Crippen LogP contribution in [0.15, 0.2) is 15.9 Å². The van der Waals surface area contributed by atoms with Crippen LogP contribution in [0.25, 0.3) is 0 Å². The van der Waals surface area contributed by atoms with E-state index in [1.807, 2.05) is 6.07 Å². The van der Waals surface area contributed by atoms with Crippen molar-refractivity contribution in [3.63, 3.8) is 0 Å². The largest absolute Gasteiger partial charge is 0.469 e. The van der Waals surface area contributed by atoms with E-state index in [0.717, 1.165) is 3.79 Å². The fourth-order valence-electron chi connectivity index (χ4n) is 1.79. The van der Waals surface area contributed by atoms with Gasteiger partial charge in [0, 0.05) is 10.8 Å². The van der Waals surface area contributed by atoms with Crippen molar-refractivity contribution in [1.82, 2.24) is 0 Å². The van der Waals surface area contributed by atoms with Crippen LogP contribution in [0.5, 0.6) is 0 Å². The molecule has 1 heterocycles. The van der Waals surface area contributed by atoms with Crippen molar-refractivity contribution in [1.29, 1.82) is 0 Å². The van der Waals surface area contributed by atoms with Crippen molar-refractivity contribution in [2.24, 2.45) is 5.92 Å². The summed E-state index contributed by atoms with van der Waals surface area (Å²) in [6.07, 6.45) is 3.02. The second-order valence-electron chi connectivity index (χ2n) is 3.87. The Morgan fingerprint density at radius 1 is 1.67 bits per heavy atom. The van der Waals surface area contributed by atoms with Gasteiger partial charge in [-0.2, -0.15) is 0 Å². The lowest BCUT2D eigenvalue weighted by Crippen LogP contribution is -2.09. The first-order valence-corrected chi connectivity index (χ1v) is 6.63. The van der Waals surface area contributed by atoms with Crippen LogP contribution in [0.2, 0.25) is 0 Å². The van der Waals surface area contributed by atoms with Crippen LogP contribution in [0, 0.1) is 5.92 Å². The van der Waals surface area contributed by atoms with Crippen LogP contribution in [-0.2, 0) is 9.53 Å². The number of methoxy groups -OCH3 is 1. The molecular formula is C11H13BrO2S. The smallest absolute Gasteiger partial charge is 0.306 e. The first-order chi connectivity index (χ1) is 7.20. The summed E-state index contributed by atoms with van der Waals surface area (Å²) in [5.41, 5.74) is 0. The summed E-state index contributed by atoms with van der Waals surface area (Å²) in [6, 6.07) is 4.16. The predicted octanol–water partition coefficient (Wildman–Crippen LogP) is 3.57. The van der Waals surface area contributed by atoms with Crippen molar-refractivity contribution >= 4 is 33.2 Å². The third-order valence-electron chi connectivity index (χ3n) is 2.76. The minimum Gasteiger partial charge on any atom is -0.469 e. The molecule has 1 saturated carbocycles. The maximum Gasteiger partial charge on any atom is 0.306 e. The normalized spacial score (nSPS) is 17.5. The fourth-order valence-corrected chi connectivity index (χ4v) is 3.41. The Bertz CT molecular complexity index is 357. The molecule has 1 fully saturated rings. The highest BCUT2D eigenvalue weighted by molar-refractivity contribution is 9.11. The first kappa shape index (κ1) is 11.1.